The highest BCUT2D eigenvalue weighted by Crippen LogP contribution is 2.22. The second-order valence-electron chi connectivity index (χ2n) is 6.15. The van der Waals surface area contributed by atoms with Crippen molar-refractivity contribution in [2.24, 2.45) is 0 Å². The van der Waals surface area contributed by atoms with E-state index in [1.807, 2.05) is 29.2 Å². The number of hydrogen-bond donors (Lipinski definition) is 1. The Morgan fingerprint density at radius 2 is 1.91 bits per heavy atom. The molecule has 0 radical (unpaired) electrons. The van der Waals surface area contributed by atoms with Gasteiger partial charge in [-0.3, -0.25) is 9.59 Å². The maximum Gasteiger partial charge on any atom is 0.303 e. The number of hydrogen-bond acceptors (Lipinski definition) is 2. The lowest BCUT2D eigenvalue weighted by molar-refractivity contribution is -0.140. The molecule has 1 N–H and O–H groups in total. The zero-order chi connectivity index (χ0) is 16.7. The van der Waals surface area contributed by atoms with Crippen LogP contribution in [-0.4, -0.2) is 34.5 Å². The van der Waals surface area contributed by atoms with Gasteiger partial charge in [-0.2, -0.15) is 0 Å². The number of halogens is 1. The monoisotopic (exact) mass is 337 g/mol. The molecule has 0 aliphatic carbocycles. The Labute approximate surface area is 142 Å². The largest absolute Gasteiger partial charge is 0.481 e. The van der Waals surface area contributed by atoms with Crippen LogP contribution in [0.25, 0.3) is 0 Å². The van der Waals surface area contributed by atoms with E-state index in [9.17, 15) is 9.59 Å². The van der Waals surface area contributed by atoms with E-state index in [-0.39, 0.29) is 18.4 Å². The van der Waals surface area contributed by atoms with Crippen molar-refractivity contribution in [3.63, 3.8) is 0 Å². The van der Waals surface area contributed by atoms with Crippen LogP contribution in [-0.2, 0) is 16.0 Å². The molecule has 1 aromatic rings. The Bertz CT molecular complexity index is 530. The molecule has 1 saturated heterocycles. The summed E-state index contributed by atoms with van der Waals surface area (Å²) in [7, 11) is 0. The summed E-state index contributed by atoms with van der Waals surface area (Å²) in [4.78, 5) is 25.1. The summed E-state index contributed by atoms with van der Waals surface area (Å²) in [6.07, 6.45) is 5.92. The van der Waals surface area contributed by atoms with Gasteiger partial charge in [0, 0.05) is 30.5 Å². The molecule has 0 spiro atoms. The van der Waals surface area contributed by atoms with Gasteiger partial charge >= 0.3 is 5.97 Å². The molecule has 1 heterocycles. The SMILES string of the molecule is O=C(O)CCC1CCCCN1C(=O)CCCc1ccc(Cl)cc1. The van der Waals surface area contributed by atoms with Crippen molar-refractivity contribution >= 4 is 23.5 Å². The number of rotatable bonds is 7. The quantitative estimate of drug-likeness (QED) is 0.820. The van der Waals surface area contributed by atoms with Gasteiger partial charge in [-0.05, 0) is 56.2 Å². The number of aliphatic carboxylic acids is 1. The number of carboxylic acids is 1. The normalized spacial score (nSPS) is 18.0. The predicted molar refractivity (Wildman–Crippen MR) is 90.6 cm³/mol. The third-order valence-corrected chi connectivity index (χ3v) is 4.66. The molecule has 4 nitrogen and oxygen atoms in total. The number of piperidine rings is 1. The van der Waals surface area contributed by atoms with Gasteiger partial charge in [0.2, 0.25) is 5.91 Å². The smallest absolute Gasteiger partial charge is 0.303 e. The predicted octanol–water partition coefficient (Wildman–Crippen LogP) is 3.91. The molecule has 1 fully saturated rings. The Morgan fingerprint density at radius 3 is 2.61 bits per heavy atom. The van der Waals surface area contributed by atoms with Gasteiger partial charge < -0.3 is 10.0 Å². The van der Waals surface area contributed by atoms with Gasteiger partial charge in [0.1, 0.15) is 0 Å². The van der Waals surface area contributed by atoms with E-state index in [1.165, 1.54) is 5.56 Å². The summed E-state index contributed by atoms with van der Waals surface area (Å²) in [5.41, 5.74) is 1.18. The summed E-state index contributed by atoms with van der Waals surface area (Å²) in [5.74, 6) is -0.625. The van der Waals surface area contributed by atoms with Crippen LogP contribution in [0, 0.1) is 0 Å². The van der Waals surface area contributed by atoms with E-state index in [0.29, 0.717) is 12.8 Å². The number of nitrogens with zero attached hydrogens (tertiary/aromatic N) is 1. The van der Waals surface area contributed by atoms with Crippen LogP contribution in [0.1, 0.15) is 50.5 Å². The molecule has 1 amide bonds. The molecule has 0 bridgehead atoms. The van der Waals surface area contributed by atoms with Crippen LogP contribution in [0.15, 0.2) is 24.3 Å². The average molecular weight is 338 g/mol. The summed E-state index contributed by atoms with van der Waals surface area (Å²) in [6, 6.07) is 7.81. The molecule has 1 aromatic carbocycles. The van der Waals surface area contributed by atoms with Crippen LogP contribution >= 0.6 is 11.6 Å². The molecular weight excluding hydrogens is 314 g/mol. The van der Waals surface area contributed by atoms with E-state index in [2.05, 4.69) is 0 Å². The van der Waals surface area contributed by atoms with Gasteiger partial charge in [-0.15, -0.1) is 0 Å². The maximum atomic E-state index is 12.5. The van der Waals surface area contributed by atoms with Gasteiger partial charge in [0.15, 0.2) is 0 Å². The number of carboxylic acid groups (broad SMARTS) is 1. The van der Waals surface area contributed by atoms with E-state index in [1.54, 1.807) is 0 Å². The molecule has 1 aliphatic rings. The highest BCUT2D eigenvalue weighted by molar-refractivity contribution is 6.30. The Kier molecular flexibility index (Phi) is 6.90. The van der Waals surface area contributed by atoms with Crippen LogP contribution in [0.2, 0.25) is 5.02 Å². The molecule has 5 heteroatoms. The first-order valence-electron chi connectivity index (χ1n) is 8.32. The Hall–Kier alpha value is -1.55. The van der Waals surface area contributed by atoms with E-state index < -0.39 is 5.97 Å². The molecule has 1 atom stereocenters. The summed E-state index contributed by atoms with van der Waals surface area (Å²) in [5, 5.41) is 9.56. The fourth-order valence-electron chi connectivity index (χ4n) is 3.16. The lowest BCUT2D eigenvalue weighted by Gasteiger charge is -2.35. The minimum atomic E-state index is -0.786. The summed E-state index contributed by atoms with van der Waals surface area (Å²) >= 11 is 5.86. The zero-order valence-electron chi connectivity index (χ0n) is 13.3. The molecule has 2 rings (SSSR count). The highest BCUT2D eigenvalue weighted by Gasteiger charge is 2.26. The van der Waals surface area contributed by atoms with Crippen molar-refractivity contribution in [2.75, 3.05) is 6.54 Å². The Morgan fingerprint density at radius 1 is 1.17 bits per heavy atom. The first-order valence-corrected chi connectivity index (χ1v) is 8.70. The van der Waals surface area contributed by atoms with Crippen LogP contribution in [0.5, 0.6) is 0 Å². The fraction of sp³-hybridized carbons (Fsp3) is 0.556. The number of carbonyl (C=O) groups is 2. The lowest BCUT2D eigenvalue weighted by atomic mass is 9.97. The van der Waals surface area contributed by atoms with Crippen molar-refractivity contribution in [3.8, 4) is 0 Å². The average Bonchev–Trinajstić information content (AvgIpc) is 2.55. The van der Waals surface area contributed by atoms with Crippen LogP contribution in [0.4, 0.5) is 0 Å². The van der Waals surface area contributed by atoms with E-state index in [4.69, 9.17) is 16.7 Å². The van der Waals surface area contributed by atoms with E-state index in [0.717, 1.165) is 43.7 Å². The van der Waals surface area contributed by atoms with Gasteiger partial charge in [0.25, 0.3) is 0 Å². The maximum absolute atomic E-state index is 12.5. The van der Waals surface area contributed by atoms with Crippen molar-refractivity contribution in [3.05, 3.63) is 34.9 Å². The first kappa shape index (κ1) is 17.8. The molecule has 126 valence electrons. The summed E-state index contributed by atoms with van der Waals surface area (Å²) < 4.78 is 0. The zero-order valence-corrected chi connectivity index (χ0v) is 14.1. The lowest BCUT2D eigenvalue weighted by Crippen LogP contribution is -2.43. The van der Waals surface area contributed by atoms with E-state index >= 15 is 0 Å². The number of likely N-dealkylation sites (tertiary alicyclic amines) is 1. The molecule has 0 saturated carbocycles. The number of amides is 1. The van der Waals surface area contributed by atoms with Gasteiger partial charge in [-0.1, -0.05) is 23.7 Å². The van der Waals surface area contributed by atoms with Gasteiger partial charge in [-0.25, -0.2) is 0 Å². The Balaban J connectivity index is 1.80. The van der Waals surface area contributed by atoms with Crippen molar-refractivity contribution in [1.82, 2.24) is 4.90 Å². The minimum Gasteiger partial charge on any atom is -0.481 e. The molecule has 0 aromatic heterocycles. The number of benzene rings is 1. The number of carbonyl (C=O) groups excluding carboxylic acids is 1. The van der Waals surface area contributed by atoms with Crippen LogP contribution < -0.4 is 0 Å². The standard InChI is InChI=1S/C18H24ClNO3/c19-15-9-7-14(8-10-15)4-3-6-17(21)20-13-2-1-5-16(20)11-12-18(22)23/h7-10,16H,1-6,11-13H2,(H,22,23). The third-order valence-electron chi connectivity index (χ3n) is 4.41. The van der Waals surface area contributed by atoms with Gasteiger partial charge in [0.05, 0.1) is 0 Å². The minimum absolute atomic E-state index is 0.0999. The molecular formula is C18H24ClNO3. The van der Waals surface area contributed by atoms with Crippen LogP contribution in [0.3, 0.4) is 0 Å². The summed E-state index contributed by atoms with van der Waals surface area (Å²) in [6.45, 7) is 0.768. The second-order valence-corrected chi connectivity index (χ2v) is 6.59. The third kappa shape index (κ3) is 5.87. The molecule has 1 aliphatic heterocycles. The second kappa shape index (κ2) is 8.92. The molecule has 23 heavy (non-hydrogen) atoms. The number of aryl methyl sites for hydroxylation is 1. The topological polar surface area (TPSA) is 57.6 Å². The highest BCUT2D eigenvalue weighted by atomic mass is 35.5. The van der Waals surface area contributed by atoms with Crippen molar-refractivity contribution in [2.45, 2.75) is 57.4 Å². The van der Waals surface area contributed by atoms with Crippen molar-refractivity contribution < 1.29 is 14.7 Å². The van der Waals surface area contributed by atoms with Crippen molar-refractivity contribution in [1.29, 1.82) is 0 Å². The molecule has 1 unspecified atom stereocenters. The first-order chi connectivity index (χ1) is 11.1. The fourth-order valence-corrected chi connectivity index (χ4v) is 3.28.